The SMILES string of the molecule is CC1CNCC1C(=O)Nc1c(Br)cc(Br)cc1Br. The van der Waals surface area contributed by atoms with E-state index in [-0.39, 0.29) is 11.8 Å². The molecule has 0 bridgehead atoms. The Bertz CT molecular complexity index is 455. The monoisotopic (exact) mass is 438 g/mol. The second kappa shape index (κ2) is 6.03. The van der Waals surface area contributed by atoms with Crippen molar-refractivity contribution in [2.75, 3.05) is 18.4 Å². The molecule has 0 radical (unpaired) electrons. The summed E-state index contributed by atoms with van der Waals surface area (Å²) in [5.41, 5.74) is 0.780. The van der Waals surface area contributed by atoms with E-state index >= 15 is 0 Å². The molecular weight excluding hydrogens is 428 g/mol. The fourth-order valence-electron chi connectivity index (χ4n) is 2.04. The highest BCUT2D eigenvalue weighted by molar-refractivity contribution is 9.11. The normalized spacial score (nSPS) is 23.1. The van der Waals surface area contributed by atoms with Gasteiger partial charge in [0.15, 0.2) is 0 Å². The summed E-state index contributed by atoms with van der Waals surface area (Å²) in [5, 5.41) is 6.22. The van der Waals surface area contributed by atoms with Crippen molar-refractivity contribution in [3.05, 3.63) is 25.6 Å². The molecule has 1 heterocycles. The van der Waals surface area contributed by atoms with Crippen LogP contribution in [-0.2, 0) is 4.79 Å². The van der Waals surface area contributed by atoms with E-state index in [2.05, 4.69) is 65.3 Å². The van der Waals surface area contributed by atoms with Gasteiger partial charge < -0.3 is 10.6 Å². The van der Waals surface area contributed by atoms with Crippen LogP contribution in [0.4, 0.5) is 5.69 Å². The Kier molecular flexibility index (Phi) is 4.86. The molecule has 1 amide bonds. The van der Waals surface area contributed by atoms with Gasteiger partial charge in [0.05, 0.1) is 11.6 Å². The number of hydrogen-bond acceptors (Lipinski definition) is 2. The summed E-state index contributed by atoms with van der Waals surface area (Å²) in [6.45, 7) is 3.75. The van der Waals surface area contributed by atoms with E-state index in [0.717, 1.165) is 32.2 Å². The van der Waals surface area contributed by atoms with Crippen molar-refractivity contribution < 1.29 is 4.79 Å². The molecule has 2 N–H and O–H groups in total. The number of benzene rings is 1. The quantitative estimate of drug-likeness (QED) is 0.735. The molecule has 1 aromatic carbocycles. The van der Waals surface area contributed by atoms with Gasteiger partial charge in [-0.05, 0) is 56.5 Å². The van der Waals surface area contributed by atoms with E-state index in [4.69, 9.17) is 0 Å². The molecule has 18 heavy (non-hydrogen) atoms. The molecule has 0 aromatic heterocycles. The molecule has 2 unspecified atom stereocenters. The topological polar surface area (TPSA) is 41.1 Å². The van der Waals surface area contributed by atoms with Crippen LogP contribution in [0.25, 0.3) is 0 Å². The third-order valence-corrected chi connectivity index (χ3v) is 4.82. The van der Waals surface area contributed by atoms with Crippen molar-refractivity contribution in [1.82, 2.24) is 5.32 Å². The summed E-state index contributed by atoms with van der Waals surface area (Å²) in [5.74, 6) is 0.474. The summed E-state index contributed by atoms with van der Waals surface area (Å²) < 4.78 is 2.67. The molecule has 2 atom stereocenters. The molecule has 0 spiro atoms. The zero-order valence-electron chi connectivity index (χ0n) is 9.77. The maximum Gasteiger partial charge on any atom is 0.229 e. The summed E-state index contributed by atoms with van der Waals surface area (Å²) in [7, 11) is 0. The van der Waals surface area contributed by atoms with Crippen molar-refractivity contribution in [3.63, 3.8) is 0 Å². The maximum atomic E-state index is 12.2. The molecule has 98 valence electrons. The molecule has 1 aromatic rings. The number of anilines is 1. The van der Waals surface area contributed by atoms with Crippen molar-refractivity contribution in [2.45, 2.75) is 6.92 Å². The second-order valence-electron chi connectivity index (χ2n) is 4.48. The van der Waals surface area contributed by atoms with E-state index in [0.29, 0.717) is 5.92 Å². The summed E-state index contributed by atoms with van der Waals surface area (Å²) in [6, 6.07) is 3.83. The van der Waals surface area contributed by atoms with E-state index in [9.17, 15) is 4.79 Å². The summed E-state index contributed by atoms with van der Waals surface area (Å²) in [4.78, 5) is 12.2. The van der Waals surface area contributed by atoms with Crippen LogP contribution in [0.1, 0.15) is 6.92 Å². The Hall–Kier alpha value is 0.0900. The molecule has 6 heteroatoms. The smallest absolute Gasteiger partial charge is 0.229 e. The second-order valence-corrected chi connectivity index (χ2v) is 7.10. The van der Waals surface area contributed by atoms with Crippen LogP contribution in [0.5, 0.6) is 0 Å². The lowest BCUT2D eigenvalue weighted by Gasteiger charge is -2.16. The van der Waals surface area contributed by atoms with Gasteiger partial charge in [0.25, 0.3) is 0 Å². The third-order valence-electron chi connectivity index (χ3n) is 3.11. The van der Waals surface area contributed by atoms with Crippen molar-refractivity contribution in [2.24, 2.45) is 11.8 Å². The van der Waals surface area contributed by atoms with Gasteiger partial charge in [0, 0.05) is 20.0 Å². The highest BCUT2D eigenvalue weighted by Gasteiger charge is 2.30. The Morgan fingerprint density at radius 1 is 1.28 bits per heavy atom. The minimum Gasteiger partial charge on any atom is -0.324 e. The van der Waals surface area contributed by atoms with Crippen LogP contribution < -0.4 is 10.6 Å². The van der Waals surface area contributed by atoms with Gasteiger partial charge >= 0.3 is 0 Å². The standard InChI is InChI=1S/C12H13Br3N2O/c1-6-4-16-5-8(6)12(18)17-11-9(14)2-7(13)3-10(11)15/h2-3,6,8,16H,4-5H2,1H3,(H,17,18). The van der Waals surface area contributed by atoms with Crippen LogP contribution in [0.3, 0.4) is 0 Å². The van der Waals surface area contributed by atoms with Gasteiger partial charge in [-0.15, -0.1) is 0 Å². The lowest BCUT2D eigenvalue weighted by atomic mass is 9.97. The number of rotatable bonds is 2. The van der Waals surface area contributed by atoms with Gasteiger partial charge in [-0.3, -0.25) is 4.79 Å². The highest BCUT2D eigenvalue weighted by atomic mass is 79.9. The Labute approximate surface area is 131 Å². The van der Waals surface area contributed by atoms with E-state index in [1.54, 1.807) is 0 Å². The largest absolute Gasteiger partial charge is 0.324 e. The lowest BCUT2D eigenvalue weighted by molar-refractivity contribution is -0.120. The molecule has 2 rings (SSSR count). The van der Waals surface area contributed by atoms with Crippen LogP contribution in [-0.4, -0.2) is 19.0 Å². The Balaban J connectivity index is 2.17. The van der Waals surface area contributed by atoms with Gasteiger partial charge in [-0.25, -0.2) is 0 Å². The zero-order valence-corrected chi connectivity index (χ0v) is 14.5. The fraction of sp³-hybridized carbons (Fsp3) is 0.417. The van der Waals surface area contributed by atoms with Gasteiger partial charge in [0.1, 0.15) is 0 Å². The zero-order chi connectivity index (χ0) is 13.3. The predicted molar refractivity (Wildman–Crippen MR) is 83.7 cm³/mol. The highest BCUT2D eigenvalue weighted by Crippen LogP contribution is 2.35. The summed E-state index contributed by atoms with van der Waals surface area (Å²) >= 11 is 10.3. The van der Waals surface area contributed by atoms with Gasteiger partial charge in [-0.1, -0.05) is 22.9 Å². The predicted octanol–water partition coefficient (Wildman–Crippen LogP) is 3.77. The van der Waals surface area contributed by atoms with Gasteiger partial charge in [-0.2, -0.15) is 0 Å². The first-order chi connectivity index (χ1) is 8.49. The molecule has 1 aliphatic rings. The van der Waals surface area contributed by atoms with Crippen LogP contribution in [0, 0.1) is 11.8 Å². The number of nitrogens with one attached hydrogen (secondary N) is 2. The third kappa shape index (κ3) is 3.15. The minimum absolute atomic E-state index is 0.0347. The fourth-order valence-corrected chi connectivity index (χ4v) is 4.50. The minimum atomic E-state index is 0.0347. The van der Waals surface area contributed by atoms with Crippen molar-refractivity contribution >= 4 is 59.4 Å². The number of hydrogen-bond donors (Lipinski definition) is 2. The molecule has 1 fully saturated rings. The first kappa shape index (κ1) is 14.5. The van der Waals surface area contributed by atoms with Crippen molar-refractivity contribution in [3.8, 4) is 0 Å². The van der Waals surface area contributed by atoms with Crippen LogP contribution in [0.15, 0.2) is 25.6 Å². The number of carbonyl (C=O) groups excluding carboxylic acids is 1. The van der Waals surface area contributed by atoms with Gasteiger partial charge in [0.2, 0.25) is 5.91 Å². The average molecular weight is 441 g/mol. The molecule has 3 nitrogen and oxygen atoms in total. The summed E-state index contributed by atoms with van der Waals surface area (Å²) in [6.07, 6.45) is 0. The lowest BCUT2D eigenvalue weighted by Crippen LogP contribution is -2.28. The molecule has 0 saturated carbocycles. The van der Waals surface area contributed by atoms with E-state index in [1.165, 1.54) is 0 Å². The number of amides is 1. The first-order valence-electron chi connectivity index (χ1n) is 5.65. The maximum absolute atomic E-state index is 12.2. The Morgan fingerprint density at radius 3 is 2.39 bits per heavy atom. The molecule has 1 aliphatic heterocycles. The van der Waals surface area contributed by atoms with E-state index in [1.807, 2.05) is 12.1 Å². The molecular formula is C12H13Br3N2O. The molecule has 1 saturated heterocycles. The van der Waals surface area contributed by atoms with Crippen molar-refractivity contribution in [1.29, 1.82) is 0 Å². The van der Waals surface area contributed by atoms with Crippen LogP contribution >= 0.6 is 47.8 Å². The Morgan fingerprint density at radius 2 is 1.89 bits per heavy atom. The number of halogens is 3. The van der Waals surface area contributed by atoms with Crippen LogP contribution in [0.2, 0.25) is 0 Å². The average Bonchev–Trinajstić information content (AvgIpc) is 2.69. The molecule has 0 aliphatic carbocycles. The number of carbonyl (C=O) groups is 1. The first-order valence-corrected chi connectivity index (χ1v) is 8.03. The van der Waals surface area contributed by atoms with E-state index < -0.39 is 0 Å².